The van der Waals surface area contributed by atoms with Crippen LogP contribution in [0.25, 0.3) is 0 Å². The van der Waals surface area contributed by atoms with Gasteiger partial charge in [-0.15, -0.1) is 10.2 Å². The summed E-state index contributed by atoms with van der Waals surface area (Å²) in [5, 5.41) is 15.2. The molecule has 0 aliphatic rings. The van der Waals surface area contributed by atoms with Crippen molar-refractivity contribution in [2.24, 2.45) is 7.05 Å². The predicted molar refractivity (Wildman–Crippen MR) is 113 cm³/mol. The topological polar surface area (TPSA) is 88.9 Å². The van der Waals surface area contributed by atoms with Crippen LogP contribution in [0.3, 0.4) is 0 Å². The van der Waals surface area contributed by atoms with Crippen LogP contribution in [-0.2, 0) is 23.1 Å². The number of hydrogen-bond donors (Lipinski definition) is 2. The van der Waals surface area contributed by atoms with E-state index in [1.807, 2.05) is 51.4 Å². The molecule has 1 aromatic heterocycles. The van der Waals surface area contributed by atoms with Crippen molar-refractivity contribution in [1.82, 2.24) is 20.1 Å². The van der Waals surface area contributed by atoms with Gasteiger partial charge in [-0.25, -0.2) is 0 Å². The number of benzene rings is 1. The zero-order chi connectivity index (χ0) is 20.9. The molecule has 0 radical (unpaired) electrons. The number of amides is 2. The van der Waals surface area contributed by atoms with Gasteiger partial charge in [-0.1, -0.05) is 29.4 Å². The van der Waals surface area contributed by atoms with Crippen LogP contribution in [0.15, 0.2) is 23.4 Å². The molecule has 2 amide bonds. The van der Waals surface area contributed by atoms with E-state index < -0.39 is 0 Å². The van der Waals surface area contributed by atoms with Crippen molar-refractivity contribution in [2.45, 2.75) is 51.2 Å². The third-order valence-corrected chi connectivity index (χ3v) is 5.23. The summed E-state index contributed by atoms with van der Waals surface area (Å²) in [5.41, 5.74) is 1.36. The molecule has 7 nitrogen and oxygen atoms in total. The van der Waals surface area contributed by atoms with Gasteiger partial charge in [-0.2, -0.15) is 0 Å². The van der Waals surface area contributed by atoms with E-state index in [2.05, 4.69) is 20.8 Å². The minimum atomic E-state index is -0.266. The first kappa shape index (κ1) is 22.2. The van der Waals surface area contributed by atoms with E-state index in [1.54, 1.807) is 6.07 Å². The number of halogens is 1. The van der Waals surface area contributed by atoms with Gasteiger partial charge in [0.2, 0.25) is 11.8 Å². The number of aromatic nitrogens is 3. The SMILES string of the molecule is Cc1ccc(NC(=O)CCc2nnc(SCC(=O)NC(C)(C)C)n2C)cc1Cl. The van der Waals surface area contributed by atoms with Crippen LogP contribution in [0.4, 0.5) is 5.69 Å². The first-order valence-corrected chi connectivity index (χ1v) is 10.3. The average molecular weight is 424 g/mol. The quantitative estimate of drug-likeness (QED) is 0.666. The van der Waals surface area contributed by atoms with Crippen molar-refractivity contribution in [1.29, 1.82) is 0 Å². The number of anilines is 1. The molecule has 0 saturated carbocycles. The van der Waals surface area contributed by atoms with Gasteiger partial charge in [0, 0.05) is 36.1 Å². The number of hydrogen-bond acceptors (Lipinski definition) is 5. The molecular weight excluding hydrogens is 398 g/mol. The minimum absolute atomic E-state index is 0.0572. The largest absolute Gasteiger partial charge is 0.351 e. The molecule has 1 heterocycles. The maximum Gasteiger partial charge on any atom is 0.230 e. The maximum absolute atomic E-state index is 12.2. The van der Waals surface area contributed by atoms with Crippen molar-refractivity contribution in [3.05, 3.63) is 34.6 Å². The Morgan fingerprint density at radius 3 is 2.57 bits per heavy atom. The minimum Gasteiger partial charge on any atom is -0.351 e. The van der Waals surface area contributed by atoms with Gasteiger partial charge in [0.05, 0.1) is 5.75 Å². The summed E-state index contributed by atoms with van der Waals surface area (Å²) in [6.07, 6.45) is 0.719. The van der Waals surface area contributed by atoms with E-state index in [9.17, 15) is 9.59 Å². The Hall–Kier alpha value is -2.06. The molecule has 2 rings (SSSR count). The number of nitrogens with one attached hydrogen (secondary N) is 2. The number of aryl methyl sites for hydroxylation is 2. The van der Waals surface area contributed by atoms with Gasteiger partial charge >= 0.3 is 0 Å². The molecule has 0 unspecified atom stereocenters. The Morgan fingerprint density at radius 2 is 1.93 bits per heavy atom. The van der Waals surface area contributed by atoms with Crippen LogP contribution in [0, 0.1) is 6.92 Å². The van der Waals surface area contributed by atoms with Crippen molar-refractivity contribution in [3.8, 4) is 0 Å². The lowest BCUT2D eigenvalue weighted by Gasteiger charge is -2.20. The van der Waals surface area contributed by atoms with Crippen LogP contribution in [0.5, 0.6) is 0 Å². The van der Waals surface area contributed by atoms with E-state index in [4.69, 9.17) is 11.6 Å². The molecule has 2 N–H and O–H groups in total. The predicted octanol–water partition coefficient (Wildman–Crippen LogP) is 3.36. The monoisotopic (exact) mass is 423 g/mol. The third kappa shape index (κ3) is 6.83. The van der Waals surface area contributed by atoms with Crippen molar-refractivity contribution < 1.29 is 9.59 Å². The lowest BCUT2D eigenvalue weighted by Crippen LogP contribution is -2.41. The van der Waals surface area contributed by atoms with Gasteiger partial charge in [-0.05, 0) is 45.4 Å². The van der Waals surface area contributed by atoms with E-state index in [0.29, 0.717) is 28.1 Å². The standard InChI is InChI=1S/C19H26ClN5O2S/c1-12-6-7-13(10-14(12)20)21-16(26)9-8-15-23-24-18(25(15)5)28-11-17(27)22-19(2,3)4/h6-7,10H,8-9,11H2,1-5H3,(H,21,26)(H,22,27). The smallest absolute Gasteiger partial charge is 0.230 e. The molecule has 2 aromatic rings. The van der Waals surface area contributed by atoms with Crippen LogP contribution < -0.4 is 10.6 Å². The number of carbonyl (C=O) groups excluding carboxylic acids is 2. The summed E-state index contributed by atoms with van der Waals surface area (Å²) >= 11 is 7.40. The number of rotatable bonds is 7. The lowest BCUT2D eigenvalue weighted by atomic mass is 10.1. The average Bonchev–Trinajstić information content (AvgIpc) is 2.93. The molecular formula is C19H26ClN5O2S. The van der Waals surface area contributed by atoms with E-state index in [1.165, 1.54) is 11.8 Å². The second-order valence-corrected chi connectivity index (χ2v) is 8.91. The van der Waals surface area contributed by atoms with Gasteiger partial charge in [0.15, 0.2) is 5.16 Å². The zero-order valence-electron chi connectivity index (χ0n) is 16.8. The van der Waals surface area contributed by atoms with E-state index in [0.717, 1.165) is 5.56 Å². The summed E-state index contributed by atoms with van der Waals surface area (Å²) in [5.74, 6) is 0.772. The van der Waals surface area contributed by atoms with Crippen molar-refractivity contribution in [2.75, 3.05) is 11.1 Å². The number of thioether (sulfide) groups is 1. The second-order valence-electron chi connectivity index (χ2n) is 7.56. The Bertz CT molecular complexity index is 860. The van der Waals surface area contributed by atoms with Gasteiger partial charge in [0.25, 0.3) is 0 Å². The molecule has 0 aliphatic carbocycles. The molecule has 0 aliphatic heterocycles. The normalized spacial score (nSPS) is 11.4. The molecule has 0 fully saturated rings. The molecule has 0 saturated heterocycles. The fourth-order valence-electron chi connectivity index (χ4n) is 2.39. The molecule has 152 valence electrons. The summed E-state index contributed by atoms with van der Waals surface area (Å²) in [4.78, 5) is 24.1. The molecule has 1 aromatic carbocycles. The van der Waals surface area contributed by atoms with E-state index >= 15 is 0 Å². The number of nitrogens with zero attached hydrogens (tertiary/aromatic N) is 3. The Morgan fingerprint density at radius 1 is 1.21 bits per heavy atom. The summed E-state index contributed by atoms with van der Waals surface area (Å²) in [7, 11) is 1.83. The Labute approximate surface area is 174 Å². The van der Waals surface area contributed by atoms with Gasteiger partial charge < -0.3 is 15.2 Å². The maximum atomic E-state index is 12.2. The first-order chi connectivity index (χ1) is 13.0. The third-order valence-electron chi connectivity index (χ3n) is 3.80. The van der Waals surface area contributed by atoms with Gasteiger partial charge in [0.1, 0.15) is 5.82 Å². The van der Waals surface area contributed by atoms with Crippen LogP contribution in [0.1, 0.15) is 38.6 Å². The summed E-state index contributed by atoms with van der Waals surface area (Å²) in [6.45, 7) is 7.72. The zero-order valence-corrected chi connectivity index (χ0v) is 18.4. The fourth-order valence-corrected chi connectivity index (χ4v) is 3.30. The van der Waals surface area contributed by atoms with Gasteiger partial charge in [-0.3, -0.25) is 9.59 Å². The van der Waals surface area contributed by atoms with Crippen molar-refractivity contribution in [3.63, 3.8) is 0 Å². The fraction of sp³-hybridized carbons (Fsp3) is 0.474. The Kier molecular flexibility index (Phi) is 7.48. The lowest BCUT2D eigenvalue weighted by molar-refractivity contribution is -0.120. The highest BCUT2D eigenvalue weighted by Crippen LogP contribution is 2.20. The highest BCUT2D eigenvalue weighted by Gasteiger charge is 2.16. The summed E-state index contributed by atoms with van der Waals surface area (Å²) < 4.78 is 1.81. The highest BCUT2D eigenvalue weighted by molar-refractivity contribution is 7.99. The van der Waals surface area contributed by atoms with E-state index in [-0.39, 0.29) is 29.5 Å². The molecule has 28 heavy (non-hydrogen) atoms. The van der Waals surface area contributed by atoms with Crippen LogP contribution in [-0.4, -0.2) is 37.9 Å². The molecule has 0 atom stereocenters. The number of carbonyl (C=O) groups is 2. The molecule has 0 bridgehead atoms. The molecule has 0 spiro atoms. The highest BCUT2D eigenvalue weighted by atomic mass is 35.5. The van der Waals surface area contributed by atoms with Crippen LogP contribution >= 0.6 is 23.4 Å². The van der Waals surface area contributed by atoms with Crippen LogP contribution in [0.2, 0.25) is 5.02 Å². The molecule has 9 heteroatoms. The summed E-state index contributed by atoms with van der Waals surface area (Å²) in [6, 6.07) is 5.41. The Balaban J connectivity index is 1.85. The van der Waals surface area contributed by atoms with Crippen molar-refractivity contribution >= 4 is 40.9 Å². The first-order valence-electron chi connectivity index (χ1n) is 8.93. The second kappa shape index (κ2) is 9.43.